The van der Waals surface area contributed by atoms with E-state index in [2.05, 4.69) is 5.32 Å². The number of benzene rings is 4. The fourth-order valence-electron chi connectivity index (χ4n) is 6.54. The van der Waals surface area contributed by atoms with Crippen molar-refractivity contribution >= 4 is 29.6 Å². The Morgan fingerprint density at radius 1 is 0.808 bits per heavy atom. The van der Waals surface area contributed by atoms with E-state index in [1.807, 2.05) is 130 Å². The van der Waals surface area contributed by atoms with Gasteiger partial charge in [0.25, 0.3) is 11.8 Å². The van der Waals surface area contributed by atoms with Gasteiger partial charge in [-0.3, -0.25) is 14.4 Å². The van der Waals surface area contributed by atoms with Gasteiger partial charge in [-0.05, 0) is 81.3 Å². The Balaban J connectivity index is 1.52. The minimum atomic E-state index is -1.02. The number of esters is 1. The van der Waals surface area contributed by atoms with Gasteiger partial charge in [-0.1, -0.05) is 103 Å². The average Bonchev–Trinajstić information content (AvgIpc) is 3.21. The average molecular weight is 704 g/mol. The van der Waals surface area contributed by atoms with Crippen molar-refractivity contribution in [2.75, 3.05) is 18.1 Å². The topological polar surface area (TPSA) is 105 Å². The van der Waals surface area contributed by atoms with Gasteiger partial charge in [-0.25, -0.2) is 4.79 Å². The Labute approximate surface area is 306 Å². The summed E-state index contributed by atoms with van der Waals surface area (Å²) >= 11 is 0. The van der Waals surface area contributed by atoms with Gasteiger partial charge in [0.1, 0.15) is 11.6 Å². The molecule has 2 atom stereocenters. The summed E-state index contributed by atoms with van der Waals surface area (Å²) in [6.07, 6.45) is 2.62. The van der Waals surface area contributed by atoms with Gasteiger partial charge in [-0.15, -0.1) is 0 Å². The third-order valence-corrected chi connectivity index (χ3v) is 8.89. The number of aryl methyl sites for hydroxylation is 1. The highest BCUT2D eigenvalue weighted by molar-refractivity contribution is 6.11. The molecule has 272 valence electrons. The first kappa shape index (κ1) is 37.8. The number of nitrogens with zero attached hydrogens (tertiary/aromatic N) is 2. The van der Waals surface area contributed by atoms with E-state index >= 15 is 9.59 Å². The number of nitrogens with one attached hydrogen (secondary N) is 1. The second-order valence-electron chi connectivity index (χ2n) is 14.0. The molecule has 4 aromatic carbocycles. The molecule has 1 N–H and O–H groups in total. The number of carbonyl (C=O) groups excluding carboxylic acids is 4. The van der Waals surface area contributed by atoms with Crippen molar-refractivity contribution in [2.45, 2.75) is 84.0 Å². The van der Waals surface area contributed by atoms with Gasteiger partial charge >= 0.3 is 12.1 Å². The normalized spacial score (nSPS) is 15.0. The van der Waals surface area contributed by atoms with Gasteiger partial charge in [0, 0.05) is 6.54 Å². The molecule has 0 aromatic heterocycles. The molecule has 5 rings (SSSR count). The van der Waals surface area contributed by atoms with Gasteiger partial charge in [0.15, 0.2) is 0 Å². The summed E-state index contributed by atoms with van der Waals surface area (Å²) in [5.41, 5.74) is 3.63. The van der Waals surface area contributed by atoms with Crippen molar-refractivity contribution in [3.8, 4) is 0 Å². The number of unbranched alkanes of at least 4 members (excludes halogenated alkanes) is 2. The lowest BCUT2D eigenvalue weighted by Gasteiger charge is -2.37. The molecule has 0 bridgehead atoms. The monoisotopic (exact) mass is 703 g/mol. The molecule has 1 aliphatic heterocycles. The quantitative estimate of drug-likeness (QED) is 0.105. The van der Waals surface area contributed by atoms with Gasteiger partial charge in [0.2, 0.25) is 0 Å². The Morgan fingerprint density at radius 3 is 2.12 bits per heavy atom. The van der Waals surface area contributed by atoms with E-state index in [0.717, 1.165) is 36.0 Å². The largest absolute Gasteiger partial charge is 0.466 e. The van der Waals surface area contributed by atoms with Crippen LogP contribution in [0.2, 0.25) is 0 Å². The maximum Gasteiger partial charge on any atom is 0.407 e. The molecule has 3 amide bonds. The first-order chi connectivity index (χ1) is 25.1. The van der Waals surface area contributed by atoms with Crippen molar-refractivity contribution < 1.29 is 28.7 Å². The second kappa shape index (κ2) is 17.7. The predicted octanol–water partition coefficient (Wildman–Crippen LogP) is 8.35. The molecule has 1 aliphatic rings. The molecule has 1 heterocycles. The summed E-state index contributed by atoms with van der Waals surface area (Å²) in [7, 11) is 0. The zero-order valence-electron chi connectivity index (χ0n) is 30.5. The Kier molecular flexibility index (Phi) is 12.8. The van der Waals surface area contributed by atoms with Gasteiger partial charge in [0.05, 0.1) is 36.9 Å². The van der Waals surface area contributed by atoms with Crippen LogP contribution in [0.15, 0.2) is 109 Å². The lowest BCUT2D eigenvalue weighted by molar-refractivity contribution is -0.145. The van der Waals surface area contributed by atoms with Crippen LogP contribution in [0.1, 0.15) is 98.1 Å². The molecule has 0 aliphatic carbocycles. The number of anilines is 1. The number of hydrogen-bond acceptors (Lipinski definition) is 6. The molecule has 0 spiro atoms. The van der Waals surface area contributed by atoms with E-state index in [0.29, 0.717) is 29.8 Å². The highest BCUT2D eigenvalue weighted by atomic mass is 16.6. The smallest absolute Gasteiger partial charge is 0.407 e. The van der Waals surface area contributed by atoms with Crippen molar-refractivity contribution in [2.24, 2.45) is 0 Å². The number of alkyl carbamates (subject to hydrolysis) is 1. The molecule has 0 saturated carbocycles. The highest BCUT2D eigenvalue weighted by Gasteiger charge is 2.44. The maximum atomic E-state index is 15.2. The van der Waals surface area contributed by atoms with Crippen LogP contribution in [-0.4, -0.2) is 47.5 Å². The van der Waals surface area contributed by atoms with Crippen LogP contribution in [0.3, 0.4) is 0 Å². The fourth-order valence-corrected chi connectivity index (χ4v) is 6.54. The summed E-state index contributed by atoms with van der Waals surface area (Å²) < 4.78 is 10.7. The SMILES string of the molecule is CCOC(=O)CC(c1ccccc1)N1C(=O)c2cc(CCCCCNC(=O)OC(C)(C)C)ccc2N(Cc2ccccc2)C(=O)C1c1ccccc1. The molecule has 4 aromatic rings. The van der Waals surface area contributed by atoms with Crippen LogP contribution in [0.4, 0.5) is 10.5 Å². The van der Waals surface area contributed by atoms with Crippen LogP contribution in [0.25, 0.3) is 0 Å². The molecule has 9 nitrogen and oxygen atoms in total. The number of rotatable bonds is 14. The van der Waals surface area contributed by atoms with Crippen LogP contribution >= 0.6 is 0 Å². The molecule has 0 saturated heterocycles. The van der Waals surface area contributed by atoms with Crippen molar-refractivity contribution in [1.82, 2.24) is 10.2 Å². The summed E-state index contributed by atoms with van der Waals surface area (Å²) in [4.78, 5) is 58.8. The van der Waals surface area contributed by atoms with Crippen LogP contribution in [0, 0.1) is 0 Å². The third kappa shape index (κ3) is 9.87. The van der Waals surface area contributed by atoms with Crippen molar-refractivity contribution in [3.05, 3.63) is 137 Å². The molecular weight excluding hydrogens is 654 g/mol. The summed E-state index contributed by atoms with van der Waals surface area (Å²) in [6.45, 7) is 8.21. The van der Waals surface area contributed by atoms with Crippen LogP contribution in [0.5, 0.6) is 0 Å². The standard InChI is InChI=1S/C43H49N3O6/c1-5-51-38(47)29-37(33-21-13-7-14-22-33)46-39(34-23-15-8-16-24-34)41(49)45(30-32-19-10-6-11-20-32)36-26-25-31(28-35(36)40(46)48)18-12-9-17-27-44-42(50)52-43(2,3)4/h6-8,10-11,13-16,19-26,28,37,39H,5,9,12,17-18,27,29-30H2,1-4H3,(H,44,50). The molecule has 2 unspecified atom stereocenters. The first-order valence-corrected chi connectivity index (χ1v) is 18.1. The number of fused-ring (bicyclic) bond motifs is 1. The lowest BCUT2D eigenvalue weighted by Crippen LogP contribution is -2.44. The highest BCUT2D eigenvalue weighted by Crippen LogP contribution is 2.42. The molecule has 52 heavy (non-hydrogen) atoms. The Bertz CT molecular complexity index is 1810. The summed E-state index contributed by atoms with van der Waals surface area (Å²) in [5, 5.41) is 2.81. The van der Waals surface area contributed by atoms with Gasteiger partial charge in [-0.2, -0.15) is 0 Å². The third-order valence-electron chi connectivity index (χ3n) is 8.89. The Hall–Kier alpha value is -5.44. The van der Waals surface area contributed by atoms with Crippen LogP contribution in [-0.2, 0) is 32.0 Å². The Morgan fingerprint density at radius 2 is 1.46 bits per heavy atom. The van der Waals surface area contributed by atoms with Gasteiger partial charge < -0.3 is 24.6 Å². The zero-order chi connectivity index (χ0) is 37.1. The van der Waals surface area contributed by atoms with E-state index in [4.69, 9.17) is 9.47 Å². The number of carbonyl (C=O) groups is 4. The summed E-state index contributed by atoms with van der Waals surface area (Å²) in [6, 6.07) is 32.4. The van der Waals surface area contributed by atoms with E-state index < -0.39 is 29.7 Å². The summed E-state index contributed by atoms with van der Waals surface area (Å²) in [5.74, 6) is -1.06. The second-order valence-corrected chi connectivity index (χ2v) is 14.0. The lowest BCUT2D eigenvalue weighted by atomic mass is 9.95. The minimum absolute atomic E-state index is 0.120. The van der Waals surface area contributed by atoms with E-state index in [-0.39, 0.29) is 31.4 Å². The number of ether oxygens (including phenoxy) is 2. The first-order valence-electron chi connectivity index (χ1n) is 18.1. The minimum Gasteiger partial charge on any atom is -0.466 e. The van der Waals surface area contributed by atoms with E-state index in [1.54, 1.807) is 16.7 Å². The van der Waals surface area contributed by atoms with E-state index in [9.17, 15) is 9.59 Å². The number of hydrogen-bond donors (Lipinski definition) is 1. The van der Waals surface area contributed by atoms with Crippen molar-refractivity contribution in [3.63, 3.8) is 0 Å². The van der Waals surface area contributed by atoms with Crippen LogP contribution < -0.4 is 10.2 Å². The van der Waals surface area contributed by atoms with Crippen molar-refractivity contribution in [1.29, 1.82) is 0 Å². The zero-order valence-corrected chi connectivity index (χ0v) is 30.5. The molecular formula is C43H49N3O6. The molecule has 0 radical (unpaired) electrons. The molecule has 9 heteroatoms. The number of amides is 3. The molecule has 0 fully saturated rings. The fraction of sp³-hybridized carbons (Fsp3) is 0.349. The predicted molar refractivity (Wildman–Crippen MR) is 202 cm³/mol. The maximum absolute atomic E-state index is 15.2. The van der Waals surface area contributed by atoms with E-state index in [1.165, 1.54) is 0 Å².